The van der Waals surface area contributed by atoms with Crippen LogP contribution in [0.15, 0.2) is 54.6 Å². The first-order valence-electron chi connectivity index (χ1n) is 14.5. The smallest absolute Gasteiger partial charge is 0.222 e. The number of nitrogens with one attached hydrogen (secondary N) is 1. The maximum absolute atomic E-state index is 13.5. The number of carbonyl (C=O) groups is 1. The molecule has 1 saturated carbocycles. The summed E-state index contributed by atoms with van der Waals surface area (Å²) in [5, 5.41) is 15.8. The number of para-hydroxylation sites is 2. The molecule has 2 N–H and O–H groups in total. The van der Waals surface area contributed by atoms with Gasteiger partial charge >= 0.3 is 0 Å². The molecule has 6 heteroatoms. The first kappa shape index (κ1) is 28.6. The minimum atomic E-state index is -1.10. The van der Waals surface area contributed by atoms with Crippen molar-refractivity contribution in [1.29, 1.82) is 0 Å². The number of rotatable bonds is 15. The van der Waals surface area contributed by atoms with E-state index in [0.29, 0.717) is 37.7 Å². The number of benzene rings is 2. The number of aliphatic hydroxyl groups is 1. The van der Waals surface area contributed by atoms with Gasteiger partial charge in [0.25, 0.3) is 0 Å². The summed E-state index contributed by atoms with van der Waals surface area (Å²) < 4.78 is 11.6. The van der Waals surface area contributed by atoms with E-state index >= 15 is 0 Å². The summed E-state index contributed by atoms with van der Waals surface area (Å²) in [6.45, 7) is 2.90. The number of hydrogen-bond donors (Lipinski definition) is 2. The highest BCUT2D eigenvalue weighted by molar-refractivity contribution is 5.76. The van der Waals surface area contributed by atoms with Gasteiger partial charge in [0.05, 0.1) is 5.60 Å². The highest BCUT2D eigenvalue weighted by atomic mass is 16.5. The van der Waals surface area contributed by atoms with Crippen LogP contribution in [0.2, 0.25) is 0 Å². The zero-order valence-corrected chi connectivity index (χ0v) is 23.2. The van der Waals surface area contributed by atoms with Gasteiger partial charge in [0.1, 0.15) is 11.5 Å². The van der Waals surface area contributed by atoms with Gasteiger partial charge in [-0.3, -0.25) is 4.79 Å². The molecule has 2 aromatic carbocycles. The molecule has 6 nitrogen and oxygen atoms in total. The van der Waals surface area contributed by atoms with Crippen molar-refractivity contribution in [3.8, 4) is 11.5 Å². The lowest BCUT2D eigenvalue weighted by Crippen LogP contribution is -2.48. The first-order chi connectivity index (χ1) is 18.5. The van der Waals surface area contributed by atoms with Crippen LogP contribution < -0.4 is 10.1 Å². The number of ether oxygens (including phenoxy) is 2. The Hall–Kier alpha value is -2.41. The van der Waals surface area contributed by atoms with Crippen molar-refractivity contribution in [2.75, 3.05) is 40.4 Å². The number of piperidine rings is 1. The Kier molecular flexibility index (Phi) is 10.6. The fourth-order valence-electron chi connectivity index (χ4n) is 6.05. The van der Waals surface area contributed by atoms with Crippen LogP contribution in [-0.2, 0) is 15.1 Å². The zero-order valence-electron chi connectivity index (χ0n) is 23.2. The van der Waals surface area contributed by atoms with E-state index in [9.17, 15) is 9.90 Å². The molecule has 0 radical (unpaired) electrons. The Balaban J connectivity index is 1.54. The highest BCUT2D eigenvalue weighted by Crippen LogP contribution is 2.44. The molecule has 1 amide bonds. The van der Waals surface area contributed by atoms with Gasteiger partial charge in [0.15, 0.2) is 0 Å². The molecule has 1 saturated heterocycles. The van der Waals surface area contributed by atoms with Crippen LogP contribution in [0.3, 0.4) is 0 Å². The van der Waals surface area contributed by atoms with E-state index < -0.39 is 5.60 Å². The molecule has 1 aliphatic heterocycles. The van der Waals surface area contributed by atoms with Crippen molar-refractivity contribution in [1.82, 2.24) is 10.2 Å². The van der Waals surface area contributed by atoms with E-state index in [4.69, 9.17) is 9.47 Å². The van der Waals surface area contributed by atoms with E-state index in [1.165, 1.54) is 12.8 Å². The molecule has 2 fully saturated rings. The van der Waals surface area contributed by atoms with Crippen LogP contribution in [0.25, 0.3) is 0 Å². The normalized spacial score (nSPS) is 20.1. The third-order valence-corrected chi connectivity index (χ3v) is 8.25. The van der Waals surface area contributed by atoms with Crippen LogP contribution in [0, 0.1) is 17.8 Å². The molecule has 0 bridgehead atoms. The average Bonchev–Trinajstić information content (AvgIpc) is 3.76. The van der Waals surface area contributed by atoms with E-state index in [0.717, 1.165) is 62.4 Å². The Bertz CT molecular complexity index is 996. The van der Waals surface area contributed by atoms with Gasteiger partial charge in [0, 0.05) is 44.7 Å². The second kappa shape index (κ2) is 14.1. The molecule has 2 aromatic rings. The van der Waals surface area contributed by atoms with Crippen LogP contribution in [0.4, 0.5) is 0 Å². The minimum Gasteiger partial charge on any atom is -0.457 e. The van der Waals surface area contributed by atoms with Gasteiger partial charge in [0.2, 0.25) is 5.91 Å². The van der Waals surface area contributed by atoms with Crippen LogP contribution in [0.1, 0.15) is 63.4 Å². The third kappa shape index (κ3) is 7.81. The van der Waals surface area contributed by atoms with Crippen molar-refractivity contribution in [2.24, 2.45) is 17.8 Å². The van der Waals surface area contributed by atoms with Gasteiger partial charge in [-0.15, -0.1) is 0 Å². The van der Waals surface area contributed by atoms with Gasteiger partial charge in [-0.25, -0.2) is 0 Å². The summed E-state index contributed by atoms with van der Waals surface area (Å²) in [6.07, 6.45) is 8.43. The Labute approximate surface area is 228 Å². The quantitative estimate of drug-likeness (QED) is 0.292. The molecule has 4 rings (SSSR count). The number of methoxy groups -OCH3 is 1. The first-order valence-corrected chi connectivity index (χ1v) is 14.5. The van der Waals surface area contributed by atoms with E-state index in [-0.39, 0.29) is 11.8 Å². The summed E-state index contributed by atoms with van der Waals surface area (Å²) in [5.41, 5.74) is -0.293. The predicted octanol–water partition coefficient (Wildman–Crippen LogP) is 5.75. The lowest BCUT2D eigenvalue weighted by atomic mass is 9.73. The van der Waals surface area contributed by atoms with Crippen LogP contribution in [-0.4, -0.2) is 56.3 Å². The van der Waals surface area contributed by atoms with Crippen molar-refractivity contribution < 1.29 is 19.4 Å². The number of amides is 1. The maximum atomic E-state index is 13.5. The Morgan fingerprint density at radius 2 is 1.87 bits per heavy atom. The van der Waals surface area contributed by atoms with Crippen molar-refractivity contribution >= 4 is 5.91 Å². The second-order valence-electron chi connectivity index (χ2n) is 11.3. The summed E-state index contributed by atoms with van der Waals surface area (Å²) in [5.74, 6) is 2.77. The van der Waals surface area contributed by atoms with Crippen LogP contribution in [0.5, 0.6) is 11.5 Å². The van der Waals surface area contributed by atoms with Gasteiger partial charge in [-0.1, -0.05) is 49.2 Å². The number of carbonyl (C=O) groups excluding carboxylic acids is 1. The molecule has 208 valence electrons. The Morgan fingerprint density at radius 3 is 2.61 bits per heavy atom. The molecule has 0 unspecified atom stereocenters. The summed E-state index contributed by atoms with van der Waals surface area (Å²) in [4.78, 5) is 15.5. The number of unbranched alkanes of at least 4 members (excludes halogenated alkanes) is 1. The fraction of sp³-hybridized carbons (Fsp3) is 0.594. The zero-order chi connectivity index (χ0) is 26.8. The maximum Gasteiger partial charge on any atom is 0.222 e. The number of likely N-dealkylation sites (tertiary alicyclic amines) is 1. The van der Waals surface area contributed by atoms with Crippen molar-refractivity contribution in [3.63, 3.8) is 0 Å². The predicted molar refractivity (Wildman–Crippen MR) is 151 cm³/mol. The minimum absolute atomic E-state index is 0.0607. The Morgan fingerprint density at radius 1 is 1.11 bits per heavy atom. The molecular weight excluding hydrogens is 476 g/mol. The molecule has 38 heavy (non-hydrogen) atoms. The number of nitrogens with zero attached hydrogens (tertiary/aromatic N) is 1. The third-order valence-electron chi connectivity index (χ3n) is 8.25. The van der Waals surface area contributed by atoms with Crippen molar-refractivity contribution in [2.45, 2.75) is 63.4 Å². The van der Waals surface area contributed by atoms with Gasteiger partial charge in [-0.2, -0.15) is 0 Å². The standard InChI is InChI=1S/C32H46N2O4/c1-33-23-26(21-25-16-17-25)22-31(35)34-19-10-11-27(24-34)32(36,18-8-9-20-37-2)29-14-6-7-15-30(29)38-28-12-4-3-5-13-28/h3-7,12-15,25-27,33,36H,8-11,16-24H2,1-2H3/t26-,27-,32+/m1/s1. The molecular formula is C32H46N2O4. The molecule has 1 heterocycles. The fourth-order valence-corrected chi connectivity index (χ4v) is 6.05. The largest absolute Gasteiger partial charge is 0.457 e. The van der Waals surface area contributed by atoms with E-state index in [1.54, 1.807) is 7.11 Å². The topological polar surface area (TPSA) is 71.0 Å². The van der Waals surface area contributed by atoms with E-state index in [2.05, 4.69) is 5.32 Å². The summed E-state index contributed by atoms with van der Waals surface area (Å²) in [6, 6.07) is 17.6. The molecule has 2 aliphatic rings. The van der Waals surface area contributed by atoms with Crippen LogP contribution >= 0.6 is 0 Å². The SMILES string of the molecule is CNC[C@@H](CC(=O)N1CCC[C@@H]([C@@](O)(CCCCOC)c2ccccc2Oc2ccccc2)C1)CC1CC1. The monoisotopic (exact) mass is 522 g/mol. The second-order valence-corrected chi connectivity index (χ2v) is 11.3. The van der Waals surface area contributed by atoms with E-state index in [1.807, 2.05) is 66.5 Å². The van der Waals surface area contributed by atoms with Gasteiger partial charge in [-0.05, 0) is 82.2 Å². The number of hydrogen-bond acceptors (Lipinski definition) is 5. The molecule has 1 aliphatic carbocycles. The molecule has 3 atom stereocenters. The van der Waals surface area contributed by atoms with Crippen molar-refractivity contribution in [3.05, 3.63) is 60.2 Å². The lowest BCUT2D eigenvalue weighted by molar-refractivity contribution is -0.137. The highest BCUT2D eigenvalue weighted by Gasteiger charge is 2.43. The summed E-state index contributed by atoms with van der Waals surface area (Å²) >= 11 is 0. The molecule has 0 aromatic heterocycles. The molecule has 0 spiro atoms. The summed E-state index contributed by atoms with van der Waals surface area (Å²) in [7, 11) is 3.68. The van der Waals surface area contributed by atoms with Gasteiger partial charge < -0.3 is 24.8 Å². The average molecular weight is 523 g/mol. The lowest BCUT2D eigenvalue weighted by Gasteiger charge is -2.43.